The van der Waals surface area contributed by atoms with Crippen molar-refractivity contribution in [1.29, 1.82) is 0 Å². The highest BCUT2D eigenvalue weighted by atomic mass is 35.5. The summed E-state index contributed by atoms with van der Waals surface area (Å²) in [5.41, 5.74) is 6.32. The lowest BCUT2D eigenvalue weighted by molar-refractivity contribution is -0.120. The van der Waals surface area contributed by atoms with Crippen molar-refractivity contribution in [2.75, 3.05) is 25.6 Å². The Kier molecular flexibility index (Phi) is 4.59. The molecule has 0 aromatic heterocycles. The van der Waals surface area contributed by atoms with E-state index in [9.17, 15) is 9.59 Å². The van der Waals surface area contributed by atoms with Crippen LogP contribution in [0.2, 0.25) is 5.02 Å². The highest BCUT2D eigenvalue weighted by molar-refractivity contribution is 6.31. The summed E-state index contributed by atoms with van der Waals surface area (Å²) < 4.78 is 9.81. The first-order valence-corrected chi connectivity index (χ1v) is 6.42. The lowest BCUT2D eigenvalue weighted by atomic mass is 10.0. The lowest BCUT2D eigenvalue weighted by Gasteiger charge is -2.15. The number of amides is 1. The molecule has 1 saturated heterocycles. The fraction of sp³-hybridized carbons (Fsp3) is 0.385. The predicted molar refractivity (Wildman–Crippen MR) is 73.7 cm³/mol. The Morgan fingerprint density at radius 3 is 2.80 bits per heavy atom. The Bertz CT molecular complexity index is 535. The molecule has 2 unspecified atom stereocenters. The molecule has 0 radical (unpaired) electrons. The van der Waals surface area contributed by atoms with Gasteiger partial charge < -0.3 is 20.5 Å². The van der Waals surface area contributed by atoms with E-state index in [1.807, 2.05) is 0 Å². The van der Waals surface area contributed by atoms with Gasteiger partial charge in [0.15, 0.2) is 0 Å². The number of nitrogens with two attached hydrogens (primary N) is 1. The minimum atomic E-state index is -0.552. The normalized spacial score (nSPS) is 21.6. The zero-order valence-corrected chi connectivity index (χ0v) is 11.6. The van der Waals surface area contributed by atoms with Crippen molar-refractivity contribution in [2.24, 2.45) is 11.7 Å². The number of benzene rings is 1. The van der Waals surface area contributed by atoms with E-state index in [0.717, 1.165) is 0 Å². The van der Waals surface area contributed by atoms with Crippen LogP contribution in [0.25, 0.3) is 0 Å². The first-order valence-electron chi connectivity index (χ1n) is 6.05. The Morgan fingerprint density at radius 1 is 1.45 bits per heavy atom. The van der Waals surface area contributed by atoms with Crippen LogP contribution >= 0.6 is 11.6 Å². The lowest BCUT2D eigenvalue weighted by Crippen LogP contribution is -2.37. The average Bonchev–Trinajstić information content (AvgIpc) is 2.84. The summed E-state index contributed by atoms with van der Waals surface area (Å²) >= 11 is 5.88. The zero-order chi connectivity index (χ0) is 14.7. The number of ether oxygens (including phenoxy) is 2. The number of carbonyl (C=O) groups is 2. The van der Waals surface area contributed by atoms with Crippen molar-refractivity contribution >= 4 is 29.2 Å². The van der Waals surface area contributed by atoms with Gasteiger partial charge >= 0.3 is 5.97 Å². The van der Waals surface area contributed by atoms with E-state index >= 15 is 0 Å². The van der Waals surface area contributed by atoms with Gasteiger partial charge in [0.2, 0.25) is 5.91 Å². The first-order chi connectivity index (χ1) is 9.52. The number of hydrogen-bond donors (Lipinski definition) is 2. The zero-order valence-electron chi connectivity index (χ0n) is 10.9. The predicted octanol–water partition coefficient (Wildman–Crippen LogP) is 1.04. The van der Waals surface area contributed by atoms with Crippen LogP contribution in [-0.2, 0) is 14.3 Å². The van der Waals surface area contributed by atoms with Gasteiger partial charge in [0, 0.05) is 11.1 Å². The number of carbonyl (C=O) groups excluding carboxylic acids is 2. The third-order valence-electron chi connectivity index (χ3n) is 3.11. The van der Waals surface area contributed by atoms with Gasteiger partial charge in [0.25, 0.3) is 0 Å². The van der Waals surface area contributed by atoms with Crippen molar-refractivity contribution in [3.8, 4) is 0 Å². The summed E-state index contributed by atoms with van der Waals surface area (Å²) in [6.45, 7) is 0.610. The summed E-state index contributed by atoms with van der Waals surface area (Å²) in [7, 11) is 1.27. The average molecular weight is 299 g/mol. The van der Waals surface area contributed by atoms with E-state index in [1.165, 1.54) is 19.2 Å². The fourth-order valence-corrected chi connectivity index (χ4v) is 2.15. The summed E-state index contributed by atoms with van der Waals surface area (Å²) in [6.07, 6.45) is 0. The second-order valence-corrected chi connectivity index (χ2v) is 4.91. The Hall–Kier alpha value is -1.63. The van der Waals surface area contributed by atoms with E-state index in [1.54, 1.807) is 6.07 Å². The quantitative estimate of drug-likeness (QED) is 0.814. The topological polar surface area (TPSA) is 90.6 Å². The van der Waals surface area contributed by atoms with Crippen molar-refractivity contribution in [2.45, 2.75) is 6.04 Å². The monoisotopic (exact) mass is 298 g/mol. The number of nitrogens with one attached hydrogen (secondary N) is 1. The standard InChI is InChI=1S/C13H15ClN2O4/c1-19-13(18)8-3-2-7(14)4-11(8)16-12(17)9-5-20-6-10(9)15/h2-4,9-10H,5-6,15H2,1H3,(H,16,17). The van der Waals surface area contributed by atoms with Crippen LogP contribution in [0, 0.1) is 5.92 Å². The molecule has 1 aromatic carbocycles. The molecular formula is C13H15ClN2O4. The van der Waals surface area contributed by atoms with Gasteiger partial charge in [-0.05, 0) is 18.2 Å². The molecule has 6 nitrogen and oxygen atoms in total. The van der Waals surface area contributed by atoms with Crippen LogP contribution in [0.15, 0.2) is 18.2 Å². The van der Waals surface area contributed by atoms with E-state index in [0.29, 0.717) is 17.3 Å². The number of esters is 1. The molecule has 3 N–H and O–H groups in total. The van der Waals surface area contributed by atoms with Gasteiger partial charge in [-0.15, -0.1) is 0 Å². The van der Waals surface area contributed by atoms with E-state index in [-0.39, 0.29) is 24.1 Å². The molecule has 1 fully saturated rings. The smallest absolute Gasteiger partial charge is 0.339 e. The largest absolute Gasteiger partial charge is 0.465 e. The second-order valence-electron chi connectivity index (χ2n) is 4.48. The van der Waals surface area contributed by atoms with Crippen LogP contribution in [0.1, 0.15) is 10.4 Å². The molecule has 108 valence electrons. The van der Waals surface area contributed by atoms with Gasteiger partial charge in [-0.2, -0.15) is 0 Å². The first kappa shape index (κ1) is 14.8. The summed E-state index contributed by atoms with van der Waals surface area (Å²) in [4.78, 5) is 23.8. The Labute approximate surface area is 121 Å². The van der Waals surface area contributed by atoms with E-state index in [2.05, 4.69) is 10.1 Å². The maximum Gasteiger partial charge on any atom is 0.339 e. The van der Waals surface area contributed by atoms with Gasteiger partial charge in [0.05, 0.1) is 37.5 Å². The van der Waals surface area contributed by atoms with Crippen LogP contribution in [0.4, 0.5) is 5.69 Å². The molecule has 7 heteroatoms. The summed E-state index contributed by atoms with van der Waals surface area (Å²) in [6, 6.07) is 4.19. The Balaban J connectivity index is 2.21. The maximum absolute atomic E-state index is 12.1. The molecule has 0 aliphatic carbocycles. The van der Waals surface area contributed by atoms with Crippen molar-refractivity contribution in [3.05, 3.63) is 28.8 Å². The molecule has 0 saturated carbocycles. The SMILES string of the molecule is COC(=O)c1ccc(Cl)cc1NC(=O)C1COCC1N. The summed E-state index contributed by atoms with van der Waals surface area (Å²) in [5.74, 6) is -1.30. The molecule has 1 aliphatic heterocycles. The van der Waals surface area contributed by atoms with Gasteiger partial charge in [-0.3, -0.25) is 4.79 Å². The van der Waals surface area contributed by atoms with Gasteiger partial charge in [-0.25, -0.2) is 4.79 Å². The van der Waals surface area contributed by atoms with Crippen LogP contribution < -0.4 is 11.1 Å². The molecule has 1 heterocycles. The minimum absolute atomic E-state index is 0.234. The molecule has 2 atom stereocenters. The van der Waals surface area contributed by atoms with Crippen molar-refractivity contribution < 1.29 is 19.1 Å². The number of methoxy groups -OCH3 is 1. The highest BCUT2D eigenvalue weighted by Gasteiger charge is 2.32. The van der Waals surface area contributed by atoms with E-state index in [4.69, 9.17) is 22.1 Å². The van der Waals surface area contributed by atoms with Crippen LogP contribution in [-0.4, -0.2) is 38.2 Å². The number of halogens is 1. The summed E-state index contributed by atoms with van der Waals surface area (Å²) in [5, 5.41) is 3.06. The molecular weight excluding hydrogens is 284 g/mol. The van der Waals surface area contributed by atoms with Gasteiger partial charge in [0.1, 0.15) is 0 Å². The van der Waals surface area contributed by atoms with Gasteiger partial charge in [-0.1, -0.05) is 11.6 Å². The molecule has 0 bridgehead atoms. The minimum Gasteiger partial charge on any atom is -0.465 e. The Morgan fingerprint density at radius 2 is 2.20 bits per heavy atom. The third kappa shape index (κ3) is 3.09. The highest BCUT2D eigenvalue weighted by Crippen LogP contribution is 2.23. The van der Waals surface area contributed by atoms with E-state index < -0.39 is 11.9 Å². The number of rotatable bonds is 3. The number of hydrogen-bond acceptors (Lipinski definition) is 5. The van der Waals surface area contributed by atoms with Crippen LogP contribution in [0.3, 0.4) is 0 Å². The number of anilines is 1. The fourth-order valence-electron chi connectivity index (χ4n) is 1.97. The van der Waals surface area contributed by atoms with Crippen molar-refractivity contribution in [1.82, 2.24) is 0 Å². The van der Waals surface area contributed by atoms with Crippen LogP contribution in [0.5, 0.6) is 0 Å². The molecule has 2 rings (SSSR count). The molecule has 20 heavy (non-hydrogen) atoms. The molecule has 1 amide bonds. The second kappa shape index (κ2) is 6.21. The molecule has 1 aliphatic rings. The molecule has 1 aromatic rings. The maximum atomic E-state index is 12.1. The van der Waals surface area contributed by atoms with Crippen molar-refractivity contribution in [3.63, 3.8) is 0 Å². The molecule has 0 spiro atoms. The third-order valence-corrected chi connectivity index (χ3v) is 3.34.